The van der Waals surface area contributed by atoms with Gasteiger partial charge < -0.3 is 14.5 Å². The fourth-order valence-electron chi connectivity index (χ4n) is 4.53. The number of amides is 1. The van der Waals surface area contributed by atoms with E-state index >= 15 is 0 Å². The lowest BCUT2D eigenvalue weighted by atomic mass is 10.2. The second kappa shape index (κ2) is 11.9. The van der Waals surface area contributed by atoms with E-state index in [1.807, 2.05) is 37.3 Å². The van der Waals surface area contributed by atoms with Gasteiger partial charge in [0.1, 0.15) is 5.58 Å². The Bertz CT molecular complexity index is 2120. The molecule has 1 amide bonds. The molecule has 0 saturated carbocycles. The zero-order valence-corrected chi connectivity index (χ0v) is 24.6. The van der Waals surface area contributed by atoms with E-state index in [9.17, 15) is 19.7 Å². The molecular weight excluding hydrogens is 630 g/mol. The van der Waals surface area contributed by atoms with Crippen LogP contribution in [0, 0.1) is 17.0 Å². The molecule has 2 aromatic heterocycles. The lowest BCUT2D eigenvalue weighted by Crippen LogP contribution is -2.20. The lowest BCUT2D eigenvalue weighted by Gasteiger charge is -2.10. The summed E-state index contributed by atoms with van der Waals surface area (Å²) in [6.45, 7) is 1.47. The molecule has 12 heteroatoms. The highest BCUT2D eigenvalue weighted by Gasteiger charge is 2.22. The number of carbonyl (C=O) groups excluding carboxylic acids is 1. The zero-order chi connectivity index (χ0) is 30.8. The van der Waals surface area contributed by atoms with Crippen molar-refractivity contribution in [1.82, 2.24) is 9.66 Å². The van der Waals surface area contributed by atoms with Crippen LogP contribution in [0.25, 0.3) is 33.5 Å². The molecule has 4 aromatic carbocycles. The number of fused-ring (bicyclic) bond motifs is 2. The summed E-state index contributed by atoms with van der Waals surface area (Å²) < 4.78 is 12.9. The topological polar surface area (TPSA) is 142 Å². The number of hydrogen-bond donors (Lipinski definition) is 1. The molecule has 0 atom stereocenters. The number of anilines is 1. The number of nitrogens with one attached hydrogen (secondary N) is 1. The Balaban J connectivity index is 1.33. The minimum Gasteiger partial charge on any atom is -0.476 e. The molecule has 218 valence electrons. The number of benzene rings is 4. The van der Waals surface area contributed by atoms with Crippen LogP contribution in [0.4, 0.5) is 11.4 Å². The smallest absolute Gasteiger partial charge is 0.312 e. The van der Waals surface area contributed by atoms with Gasteiger partial charge in [0.25, 0.3) is 11.5 Å². The molecular formula is C32H22BrN5O6. The lowest BCUT2D eigenvalue weighted by molar-refractivity contribution is -0.385. The number of nitro benzene ring substituents is 1. The van der Waals surface area contributed by atoms with Crippen molar-refractivity contribution >= 4 is 61.3 Å². The van der Waals surface area contributed by atoms with Crippen molar-refractivity contribution < 1.29 is 18.9 Å². The average molecular weight is 652 g/mol. The molecule has 0 fully saturated rings. The van der Waals surface area contributed by atoms with Crippen molar-refractivity contribution in [3.05, 3.63) is 127 Å². The molecule has 11 nitrogen and oxygen atoms in total. The number of nitrogens with zero attached hydrogens (tertiary/aromatic N) is 4. The summed E-state index contributed by atoms with van der Waals surface area (Å²) in [5.74, 6) is -0.124. The van der Waals surface area contributed by atoms with E-state index in [1.165, 1.54) is 18.3 Å². The molecule has 0 spiro atoms. The van der Waals surface area contributed by atoms with Gasteiger partial charge >= 0.3 is 5.69 Å². The van der Waals surface area contributed by atoms with Crippen molar-refractivity contribution in [3.8, 4) is 17.3 Å². The monoisotopic (exact) mass is 651 g/mol. The second-order valence-corrected chi connectivity index (χ2v) is 10.6. The summed E-state index contributed by atoms with van der Waals surface area (Å²) in [4.78, 5) is 42.0. The summed E-state index contributed by atoms with van der Waals surface area (Å²) in [5.41, 5.74) is 2.13. The summed E-state index contributed by atoms with van der Waals surface area (Å²) >= 11 is 3.32. The first-order chi connectivity index (χ1) is 21.3. The number of aryl methyl sites for hydroxylation is 1. The van der Waals surface area contributed by atoms with Gasteiger partial charge in [0.15, 0.2) is 12.4 Å². The number of hydrogen-bond acceptors (Lipinski definition) is 8. The Morgan fingerprint density at radius 3 is 2.61 bits per heavy atom. The molecule has 1 N–H and O–H groups in total. The first-order valence-electron chi connectivity index (χ1n) is 13.3. The third-order valence-electron chi connectivity index (χ3n) is 6.65. The van der Waals surface area contributed by atoms with E-state index in [4.69, 9.17) is 9.15 Å². The van der Waals surface area contributed by atoms with E-state index in [0.29, 0.717) is 27.9 Å². The van der Waals surface area contributed by atoms with E-state index in [1.54, 1.807) is 48.5 Å². The van der Waals surface area contributed by atoms with Crippen LogP contribution in [-0.2, 0) is 4.79 Å². The Morgan fingerprint density at radius 1 is 1.09 bits per heavy atom. The van der Waals surface area contributed by atoms with Gasteiger partial charge in [0.2, 0.25) is 11.6 Å². The van der Waals surface area contributed by atoms with Gasteiger partial charge in [0, 0.05) is 22.7 Å². The maximum absolute atomic E-state index is 13.5. The molecule has 0 aliphatic heterocycles. The van der Waals surface area contributed by atoms with Crippen LogP contribution in [0.15, 0.2) is 110 Å². The maximum Gasteiger partial charge on any atom is 0.312 e. The molecule has 0 aliphatic carbocycles. The van der Waals surface area contributed by atoms with Gasteiger partial charge in [-0.15, -0.1) is 0 Å². The summed E-state index contributed by atoms with van der Waals surface area (Å²) in [6.07, 6.45) is 1.30. The fraction of sp³-hybridized carbons (Fsp3) is 0.0625. The maximum atomic E-state index is 13.5. The summed E-state index contributed by atoms with van der Waals surface area (Å²) in [5, 5.41) is 20.2. The fourth-order valence-corrected chi connectivity index (χ4v) is 5.11. The number of halogens is 1. The van der Waals surface area contributed by atoms with Crippen LogP contribution in [0.2, 0.25) is 0 Å². The van der Waals surface area contributed by atoms with Gasteiger partial charge in [-0.2, -0.15) is 9.78 Å². The van der Waals surface area contributed by atoms with Crippen molar-refractivity contribution in [3.63, 3.8) is 0 Å². The molecule has 2 heterocycles. The van der Waals surface area contributed by atoms with Crippen LogP contribution < -0.4 is 15.6 Å². The first kappa shape index (κ1) is 28.5. The van der Waals surface area contributed by atoms with Crippen molar-refractivity contribution in [2.45, 2.75) is 6.92 Å². The van der Waals surface area contributed by atoms with Crippen LogP contribution in [0.3, 0.4) is 0 Å². The number of ether oxygens (including phenoxy) is 1. The Morgan fingerprint density at radius 2 is 1.84 bits per heavy atom. The standard InChI is InChI=1S/C32H22BrN5O6/c1-19-10-12-22(13-11-19)35-29(39)18-43-30-24(33)14-20(15-26(30)38(41)42)17-34-37-31(28-16-21-6-2-5-9-27(21)44-28)36-25-8-4-3-7-23(25)32(37)40/h2-17H,18H2,1H3,(H,35,39). The van der Waals surface area contributed by atoms with Crippen molar-refractivity contribution in [1.29, 1.82) is 0 Å². The highest BCUT2D eigenvalue weighted by atomic mass is 79.9. The largest absolute Gasteiger partial charge is 0.476 e. The normalized spacial score (nSPS) is 11.3. The molecule has 0 saturated heterocycles. The highest BCUT2D eigenvalue weighted by Crippen LogP contribution is 2.36. The highest BCUT2D eigenvalue weighted by molar-refractivity contribution is 9.10. The van der Waals surface area contributed by atoms with Crippen LogP contribution in [0.5, 0.6) is 5.75 Å². The predicted octanol–water partition coefficient (Wildman–Crippen LogP) is 6.69. The van der Waals surface area contributed by atoms with Gasteiger partial charge in [-0.05, 0) is 65.3 Å². The van der Waals surface area contributed by atoms with Crippen LogP contribution in [0.1, 0.15) is 11.1 Å². The minimum atomic E-state index is -0.626. The number of para-hydroxylation sites is 2. The van der Waals surface area contributed by atoms with Crippen molar-refractivity contribution in [2.24, 2.45) is 5.10 Å². The molecule has 6 rings (SSSR count). The SMILES string of the molecule is Cc1ccc(NC(=O)COc2c(Br)cc(C=Nn3c(-c4cc5ccccc5o4)nc4ccccc4c3=O)cc2[N+](=O)[O-])cc1. The second-order valence-electron chi connectivity index (χ2n) is 9.77. The summed E-state index contributed by atoms with van der Waals surface area (Å²) in [7, 11) is 0. The Kier molecular flexibility index (Phi) is 7.73. The van der Waals surface area contributed by atoms with Gasteiger partial charge in [0.05, 0.1) is 26.5 Å². The molecule has 44 heavy (non-hydrogen) atoms. The number of aromatic nitrogens is 2. The first-order valence-corrected chi connectivity index (χ1v) is 14.1. The van der Waals surface area contributed by atoms with Gasteiger partial charge in [-0.3, -0.25) is 19.7 Å². The minimum absolute atomic E-state index is 0.126. The number of rotatable bonds is 8. The molecule has 0 aliphatic rings. The Hall–Kier alpha value is -5.62. The number of furan rings is 1. The molecule has 6 aromatic rings. The average Bonchev–Trinajstić information content (AvgIpc) is 3.45. The quantitative estimate of drug-likeness (QED) is 0.110. The van der Waals surface area contributed by atoms with E-state index < -0.39 is 28.7 Å². The third kappa shape index (κ3) is 5.83. The van der Waals surface area contributed by atoms with Crippen molar-refractivity contribution in [2.75, 3.05) is 11.9 Å². The van der Waals surface area contributed by atoms with E-state index in [0.717, 1.165) is 15.6 Å². The van der Waals surface area contributed by atoms with Crippen LogP contribution >= 0.6 is 15.9 Å². The van der Waals surface area contributed by atoms with E-state index in [2.05, 4.69) is 31.3 Å². The summed E-state index contributed by atoms with van der Waals surface area (Å²) in [6, 6.07) is 26.0. The number of carbonyl (C=O) groups is 1. The van der Waals surface area contributed by atoms with Gasteiger partial charge in [-0.1, -0.05) is 48.0 Å². The van der Waals surface area contributed by atoms with Crippen LogP contribution in [-0.4, -0.2) is 33.3 Å². The zero-order valence-electron chi connectivity index (χ0n) is 23.1. The molecule has 0 bridgehead atoms. The molecule has 0 unspecified atom stereocenters. The Labute approximate surface area is 257 Å². The van der Waals surface area contributed by atoms with Gasteiger partial charge in [-0.25, -0.2) is 4.98 Å². The number of nitro groups is 1. The molecule has 0 radical (unpaired) electrons. The van der Waals surface area contributed by atoms with E-state index in [-0.39, 0.29) is 21.6 Å². The third-order valence-corrected chi connectivity index (χ3v) is 7.24. The predicted molar refractivity (Wildman–Crippen MR) is 170 cm³/mol.